The molecule has 0 amide bonds. The zero-order valence-electron chi connectivity index (χ0n) is 12.9. The molecule has 3 heteroatoms. The van der Waals surface area contributed by atoms with E-state index in [0.29, 0.717) is 18.0 Å². The monoisotopic (exact) mass is 278 g/mol. The van der Waals surface area contributed by atoms with Gasteiger partial charge >= 0.3 is 0 Å². The van der Waals surface area contributed by atoms with Gasteiger partial charge in [-0.15, -0.1) is 0 Å². The highest BCUT2D eigenvalue weighted by molar-refractivity contribution is 5.17. The molecule has 20 heavy (non-hydrogen) atoms. The fourth-order valence-electron chi connectivity index (χ4n) is 3.23. The minimum Gasteiger partial charge on any atom is -0.314 e. The fourth-order valence-corrected chi connectivity index (χ4v) is 3.23. The first kappa shape index (κ1) is 15.5. The van der Waals surface area contributed by atoms with E-state index in [0.717, 1.165) is 26.1 Å². The normalized spacial score (nSPS) is 25.6. The van der Waals surface area contributed by atoms with Gasteiger partial charge in [-0.25, -0.2) is 4.39 Å². The lowest BCUT2D eigenvalue weighted by Gasteiger charge is -2.40. The molecule has 1 aromatic rings. The van der Waals surface area contributed by atoms with Crippen LogP contribution in [0.15, 0.2) is 24.3 Å². The van der Waals surface area contributed by atoms with E-state index in [1.807, 2.05) is 12.1 Å². The van der Waals surface area contributed by atoms with Crippen molar-refractivity contribution in [3.63, 3.8) is 0 Å². The summed E-state index contributed by atoms with van der Waals surface area (Å²) in [6.07, 6.45) is 2.22. The SMILES string of the molecule is CCNC1CCN(C(C)Cc2ccc(F)cc2)CC1C. The van der Waals surface area contributed by atoms with Gasteiger partial charge in [0.05, 0.1) is 0 Å². The highest BCUT2D eigenvalue weighted by atomic mass is 19.1. The second-order valence-electron chi connectivity index (χ2n) is 6.10. The van der Waals surface area contributed by atoms with Crippen LogP contribution in [0.2, 0.25) is 0 Å². The summed E-state index contributed by atoms with van der Waals surface area (Å²) in [6.45, 7) is 10.2. The van der Waals surface area contributed by atoms with Crippen LogP contribution in [0.25, 0.3) is 0 Å². The van der Waals surface area contributed by atoms with Crippen LogP contribution in [0.1, 0.15) is 32.8 Å². The van der Waals surface area contributed by atoms with Crippen molar-refractivity contribution >= 4 is 0 Å². The van der Waals surface area contributed by atoms with E-state index >= 15 is 0 Å². The molecule has 0 aliphatic carbocycles. The van der Waals surface area contributed by atoms with Crippen LogP contribution >= 0.6 is 0 Å². The molecule has 2 rings (SSSR count). The number of hydrogen-bond donors (Lipinski definition) is 1. The Balaban J connectivity index is 1.87. The Bertz CT molecular complexity index is 404. The maximum Gasteiger partial charge on any atom is 0.123 e. The van der Waals surface area contributed by atoms with Crippen LogP contribution in [-0.4, -0.2) is 36.6 Å². The molecular formula is C17H27FN2. The van der Waals surface area contributed by atoms with E-state index in [9.17, 15) is 4.39 Å². The van der Waals surface area contributed by atoms with Crippen molar-refractivity contribution in [3.05, 3.63) is 35.6 Å². The molecule has 112 valence electrons. The first-order valence-corrected chi connectivity index (χ1v) is 7.82. The number of rotatable bonds is 5. The number of halogens is 1. The van der Waals surface area contributed by atoms with Crippen LogP contribution in [-0.2, 0) is 6.42 Å². The molecule has 0 spiro atoms. The van der Waals surface area contributed by atoms with Gasteiger partial charge in [0.15, 0.2) is 0 Å². The Labute approximate surface area is 122 Å². The van der Waals surface area contributed by atoms with Gasteiger partial charge in [-0.3, -0.25) is 4.90 Å². The predicted molar refractivity (Wildman–Crippen MR) is 82.4 cm³/mol. The third-order valence-electron chi connectivity index (χ3n) is 4.47. The molecular weight excluding hydrogens is 251 g/mol. The van der Waals surface area contributed by atoms with Crippen molar-refractivity contribution in [2.24, 2.45) is 5.92 Å². The van der Waals surface area contributed by atoms with E-state index in [4.69, 9.17) is 0 Å². The smallest absolute Gasteiger partial charge is 0.123 e. The lowest BCUT2D eigenvalue weighted by Crippen LogP contribution is -2.51. The Morgan fingerprint density at radius 3 is 2.65 bits per heavy atom. The quantitative estimate of drug-likeness (QED) is 0.890. The largest absolute Gasteiger partial charge is 0.314 e. The van der Waals surface area contributed by atoms with Crippen molar-refractivity contribution in [2.75, 3.05) is 19.6 Å². The Morgan fingerprint density at radius 1 is 1.35 bits per heavy atom. The van der Waals surface area contributed by atoms with E-state index in [1.54, 1.807) is 12.1 Å². The standard InChI is InChI=1S/C17H27FN2/c1-4-19-17-9-10-20(12-13(17)2)14(3)11-15-5-7-16(18)8-6-15/h5-8,13-14,17,19H,4,9-12H2,1-3H3. The highest BCUT2D eigenvalue weighted by Crippen LogP contribution is 2.20. The molecule has 0 bridgehead atoms. The lowest BCUT2D eigenvalue weighted by molar-refractivity contribution is 0.111. The minimum atomic E-state index is -0.151. The summed E-state index contributed by atoms with van der Waals surface area (Å²) in [7, 11) is 0. The van der Waals surface area contributed by atoms with Gasteiger partial charge in [0.25, 0.3) is 0 Å². The van der Waals surface area contributed by atoms with E-state index in [2.05, 4.69) is 31.0 Å². The van der Waals surface area contributed by atoms with Crippen molar-refractivity contribution in [1.82, 2.24) is 10.2 Å². The maximum absolute atomic E-state index is 12.9. The Morgan fingerprint density at radius 2 is 2.05 bits per heavy atom. The third kappa shape index (κ3) is 4.03. The minimum absolute atomic E-state index is 0.151. The number of benzene rings is 1. The van der Waals surface area contributed by atoms with Crippen molar-refractivity contribution in [1.29, 1.82) is 0 Å². The number of nitrogens with one attached hydrogen (secondary N) is 1. The zero-order chi connectivity index (χ0) is 14.5. The average Bonchev–Trinajstić information content (AvgIpc) is 2.44. The van der Waals surface area contributed by atoms with Gasteiger partial charge in [0.1, 0.15) is 5.82 Å². The zero-order valence-corrected chi connectivity index (χ0v) is 12.9. The van der Waals surface area contributed by atoms with Gasteiger partial charge in [0, 0.05) is 18.6 Å². The molecule has 2 nitrogen and oxygen atoms in total. The summed E-state index contributed by atoms with van der Waals surface area (Å²) in [5.74, 6) is 0.542. The van der Waals surface area contributed by atoms with Crippen molar-refractivity contribution in [2.45, 2.75) is 45.7 Å². The first-order valence-electron chi connectivity index (χ1n) is 7.82. The molecule has 3 atom stereocenters. The summed E-state index contributed by atoms with van der Waals surface area (Å²) in [6, 6.07) is 8.10. The molecule has 3 unspecified atom stereocenters. The molecule has 1 saturated heterocycles. The molecule has 1 aliphatic rings. The third-order valence-corrected chi connectivity index (χ3v) is 4.47. The molecule has 0 saturated carbocycles. The Hall–Kier alpha value is -0.930. The van der Waals surface area contributed by atoms with E-state index < -0.39 is 0 Å². The second kappa shape index (κ2) is 7.19. The van der Waals surface area contributed by atoms with Crippen LogP contribution in [0.4, 0.5) is 4.39 Å². The van der Waals surface area contributed by atoms with Gasteiger partial charge in [-0.2, -0.15) is 0 Å². The summed E-state index contributed by atoms with van der Waals surface area (Å²) in [4.78, 5) is 2.57. The van der Waals surface area contributed by atoms with Crippen molar-refractivity contribution in [3.8, 4) is 0 Å². The molecule has 1 N–H and O–H groups in total. The molecule has 1 fully saturated rings. The number of likely N-dealkylation sites (tertiary alicyclic amines) is 1. The summed E-state index contributed by atoms with van der Waals surface area (Å²) >= 11 is 0. The van der Waals surface area contributed by atoms with Gasteiger partial charge in [-0.1, -0.05) is 26.0 Å². The summed E-state index contributed by atoms with van der Waals surface area (Å²) in [5, 5.41) is 3.58. The average molecular weight is 278 g/mol. The Kier molecular flexibility index (Phi) is 5.55. The van der Waals surface area contributed by atoms with E-state index in [1.165, 1.54) is 12.0 Å². The van der Waals surface area contributed by atoms with Crippen LogP contribution in [0.3, 0.4) is 0 Å². The topological polar surface area (TPSA) is 15.3 Å². The molecule has 1 heterocycles. The van der Waals surface area contributed by atoms with Gasteiger partial charge in [0.2, 0.25) is 0 Å². The fraction of sp³-hybridized carbons (Fsp3) is 0.647. The molecule has 0 aromatic heterocycles. The summed E-state index contributed by atoms with van der Waals surface area (Å²) < 4.78 is 12.9. The van der Waals surface area contributed by atoms with Gasteiger partial charge < -0.3 is 5.32 Å². The lowest BCUT2D eigenvalue weighted by atomic mass is 9.92. The van der Waals surface area contributed by atoms with E-state index in [-0.39, 0.29) is 5.82 Å². The number of piperidine rings is 1. The van der Waals surface area contributed by atoms with Crippen LogP contribution < -0.4 is 5.32 Å². The molecule has 0 radical (unpaired) electrons. The van der Waals surface area contributed by atoms with Crippen molar-refractivity contribution < 1.29 is 4.39 Å². The second-order valence-corrected chi connectivity index (χ2v) is 6.10. The first-order chi connectivity index (χ1) is 9.60. The predicted octanol–water partition coefficient (Wildman–Crippen LogP) is 3.08. The molecule has 1 aromatic carbocycles. The molecule has 1 aliphatic heterocycles. The van der Waals surface area contributed by atoms with Gasteiger partial charge in [-0.05, 0) is 56.5 Å². The van der Waals surface area contributed by atoms with Crippen LogP contribution in [0.5, 0.6) is 0 Å². The maximum atomic E-state index is 12.9. The summed E-state index contributed by atoms with van der Waals surface area (Å²) in [5.41, 5.74) is 1.22. The van der Waals surface area contributed by atoms with Crippen LogP contribution in [0, 0.1) is 11.7 Å². The highest BCUT2D eigenvalue weighted by Gasteiger charge is 2.27. The number of nitrogens with zero attached hydrogens (tertiary/aromatic N) is 1. The number of hydrogen-bond acceptors (Lipinski definition) is 2.